The number of nitrogens with zero attached hydrogens (tertiary/aromatic N) is 2. The normalized spacial score (nSPS) is 10.6. The molecule has 0 saturated heterocycles. The lowest BCUT2D eigenvalue weighted by Gasteiger charge is -2.05. The number of methoxy groups -OCH3 is 1. The molecule has 106 valence electrons. The quantitative estimate of drug-likeness (QED) is 0.800. The Hall–Kier alpha value is -2.46. The first-order valence-electron chi connectivity index (χ1n) is 6.44. The van der Waals surface area contributed by atoms with Crippen LogP contribution in [0.2, 0.25) is 5.02 Å². The van der Waals surface area contributed by atoms with Crippen LogP contribution in [0.15, 0.2) is 54.6 Å². The predicted octanol–water partition coefficient (Wildman–Crippen LogP) is 3.78. The van der Waals surface area contributed by atoms with E-state index in [1.54, 1.807) is 11.8 Å². The van der Waals surface area contributed by atoms with E-state index in [-0.39, 0.29) is 0 Å². The molecular weight excluding hydrogens is 286 g/mol. The van der Waals surface area contributed by atoms with Crippen LogP contribution in [0.3, 0.4) is 0 Å². The minimum Gasteiger partial charge on any atom is -0.497 e. The van der Waals surface area contributed by atoms with Gasteiger partial charge in [0.2, 0.25) is 0 Å². The number of aromatic nitrogens is 2. The highest BCUT2D eigenvalue weighted by atomic mass is 35.5. The van der Waals surface area contributed by atoms with Crippen molar-refractivity contribution in [2.45, 2.75) is 0 Å². The Kier molecular flexibility index (Phi) is 3.54. The maximum absolute atomic E-state index is 6.20. The van der Waals surface area contributed by atoms with Crippen LogP contribution < -0.4 is 10.5 Å². The lowest BCUT2D eigenvalue weighted by atomic mass is 10.1. The number of rotatable bonds is 3. The molecule has 0 atom stereocenters. The number of hydrogen-bond acceptors (Lipinski definition) is 3. The molecule has 0 aliphatic rings. The van der Waals surface area contributed by atoms with Crippen LogP contribution in [0.5, 0.6) is 5.75 Å². The highest BCUT2D eigenvalue weighted by Gasteiger charge is 2.11. The van der Waals surface area contributed by atoms with Crippen molar-refractivity contribution in [3.05, 3.63) is 59.6 Å². The van der Waals surface area contributed by atoms with E-state index in [9.17, 15) is 0 Å². The summed E-state index contributed by atoms with van der Waals surface area (Å²) < 4.78 is 6.83. The van der Waals surface area contributed by atoms with Gasteiger partial charge in [-0.1, -0.05) is 29.8 Å². The fraction of sp³-hybridized carbons (Fsp3) is 0.0625. The van der Waals surface area contributed by atoms with Gasteiger partial charge < -0.3 is 10.5 Å². The average molecular weight is 300 g/mol. The molecule has 0 aliphatic heterocycles. The SMILES string of the molecule is COc1ccc(-n2nc(-c3ccccc3Cl)cc2N)cc1. The van der Waals surface area contributed by atoms with Gasteiger partial charge in [-0.15, -0.1) is 0 Å². The maximum atomic E-state index is 6.20. The van der Waals surface area contributed by atoms with Crippen LogP contribution in [-0.4, -0.2) is 16.9 Å². The summed E-state index contributed by atoms with van der Waals surface area (Å²) in [6.07, 6.45) is 0. The van der Waals surface area contributed by atoms with Gasteiger partial charge in [-0.2, -0.15) is 5.10 Å². The third-order valence-corrected chi connectivity index (χ3v) is 3.53. The average Bonchev–Trinajstić information content (AvgIpc) is 2.89. The smallest absolute Gasteiger partial charge is 0.127 e. The summed E-state index contributed by atoms with van der Waals surface area (Å²) >= 11 is 6.20. The Bertz CT molecular complexity index is 765. The molecule has 0 aliphatic carbocycles. The summed E-state index contributed by atoms with van der Waals surface area (Å²) in [5.41, 5.74) is 8.53. The van der Waals surface area contributed by atoms with E-state index in [0.29, 0.717) is 10.8 Å². The molecule has 0 saturated carbocycles. The van der Waals surface area contributed by atoms with Crippen molar-refractivity contribution < 1.29 is 4.74 Å². The van der Waals surface area contributed by atoms with Crippen LogP contribution in [0.25, 0.3) is 16.9 Å². The molecule has 21 heavy (non-hydrogen) atoms. The molecule has 0 bridgehead atoms. The van der Waals surface area contributed by atoms with E-state index < -0.39 is 0 Å². The highest BCUT2D eigenvalue weighted by Crippen LogP contribution is 2.29. The summed E-state index contributed by atoms with van der Waals surface area (Å²) in [5.74, 6) is 1.34. The predicted molar refractivity (Wildman–Crippen MR) is 85.0 cm³/mol. The van der Waals surface area contributed by atoms with Gasteiger partial charge in [-0.25, -0.2) is 4.68 Å². The second-order valence-corrected chi connectivity index (χ2v) is 4.95. The first-order valence-corrected chi connectivity index (χ1v) is 6.81. The molecule has 4 nitrogen and oxygen atoms in total. The first kappa shape index (κ1) is 13.5. The van der Waals surface area contributed by atoms with Gasteiger partial charge in [-0.3, -0.25) is 0 Å². The molecule has 2 N–H and O–H groups in total. The molecule has 1 aromatic heterocycles. The van der Waals surface area contributed by atoms with Crippen molar-refractivity contribution >= 4 is 17.4 Å². The molecule has 0 unspecified atom stereocenters. The summed E-state index contributed by atoms with van der Waals surface area (Å²) in [5, 5.41) is 5.18. The van der Waals surface area contributed by atoms with Gasteiger partial charge in [0.25, 0.3) is 0 Å². The molecule has 5 heteroatoms. The van der Waals surface area contributed by atoms with Crippen LogP contribution in [-0.2, 0) is 0 Å². The van der Waals surface area contributed by atoms with Gasteiger partial charge >= 0.3 is 0 Å². The van der Waals surface area contributed by atoms with E-state index in [1.807, 2.05) is 54.6 Å². The molecule has 0 radical (unpaired) electrons. The number of ether oxygens (including phenoxy) is 1. The van der Waals surface area contributed by atoms with Gasteiger partial charge in [-0.05, 0) is 30.3 Å². The Morgan fingerprint density at radius 3 is 2.48 bits per heavy atom. The summed E-state index contributed by atoms with van der Waals surface area (Å²) in [7, 11) is 1.63. The van der Waals surface area contributed by atoms with Gasteiger partial charge in [0.05, 0.1) is 23.5 Å². The van der Waals surface area contributed by atoms with Crippen LogP contribution in [0, 0.1) is 0 Å². The first-order chi connectivity index (χ1) is 10.2. The van der Waals surface area contributed by atoms with E-state index in [4.69, 9.17) is 22.1 Å². The number of anilines is 1. The van der Waals surface area contributed by atoms with Crippen LogP contribution in [0.1, 0.15) is 0 Å². The topological polar surface area (TPSA) is 53.1 Å². The number of benzene rings is 2. The van der Waals surface area contributed by atoms with Crippen molar-refractivity contribution in [3.63, 3.8) is 0 Å². The monoisotopic (exact) mass is 299 g/mol. The maximum Gasteiger partial charge on any atom is 0.127 e. The molecule has 3 rings (SSSR count). The molecule has 2 aromatic carbocycles. The fourth-order valence-corrected chi connectivity index (χ4v) is 2.36. The van der Waals surface area contributed by atoms with Crippen molar-refractivity contribution in [2.75, 3.05) is 12.8 Å². The van der Waals surface area contributed by atoms with E-state index in [1.165, 1.54) is 0 Å². The molecule has 3 aromatic rings. The minimum absolute atomic E-state index is 0.551. The number of halogens is 1. The third kappa shape index (κ3) is 2.58. The molecular formula is C16H14ClN3O. The summed E-state index contributed by atoms with van der Waals surface area (Å²) in [4.78, 5) is 0. The standard InChI is InChI=1S/C16H14ClN3O/c1-21-12-8-6-11(7-9-12)20-16(18)10-15(19-20)13-4-2-3-5-14(13)17/h2-10H,18H2,1H3. The van der Waals surface area contributed by atoms with Gasteiger partial charge in [0.1, 0.15) is 11.6 Å². The zero-order valence-electron chi connectivity index (χ0n) is 11.5. The Morgan fingerprint density at radius 2 is 1.81 bits per heavy atom. The molecule has 0 amide bonds. The molecule has 1 heterocycles. The second kappa shape index (κ2) is 5.50. The zero-order valence-corrected chi connectivity index (χ0v) is 12.2. The van der Waals surface area contributed by atoms with Crippen molar-refractivity contribution in [2.24, 2.45) is 0 Å². The van der Waals surface area contributed by atoms with Gasteiger partial charge in [0, 0.05) is 11.6 Å². The number of nitrogen functional groups attached to an aromatic ring is 1. The summed E-state index contributed by atoms with van der Waals surface area (Å²) in [6, 6.07) is 16.9. The van der Waals surface area contributed by atoms with Crippen molar-refractivity contribution in [1.82, 2.24) is 9.78 Å². The Morgan fingerprint density at radius 1 is 1.10 bits per heavy atom. The lowest BCUT2D eigenvalue weighted by Crippen LogP contribution is -2.01. The number of hydrogen-bond donors (Lipinski definition) is 1. The van der Waals surface area contributed by atoms with Crippen LogP contribution in [0.4, 0.5) is 5.82 Å². The lowest BCUT2D eigenvalue weighted by molar-refractivity contribution is 0.414. The summed E-state index contributed by atoms with van der Waals surface area (Å²) in [6.45, 7) is 0. The van der Waals surface area contributed by atoms with Crippen LogP contribution >= 0.6 is 11.6 Å². The van der Waals surface area contributed by atoms with E-state index >= 15 is 0 Å². The fourth-order valence-electron chi connectivity index (χ4n) is 2.13. The van der Waals surface area contributed by atoms with Crippen molar-refractivity contribution in [3.8, 4) is 22.7 Å². The zero-order chi connectivity index (χ0) is 14.8. The molecule has 0 fully saturated rings. The van der Waals surface area contributed by atoms with Crippen molar-refractivity contribution in [1.29, 1.82) is 0 Å². The second-order valence-electron chi connectivity index (χ2n) is 4.54. The third-order valence-electron chi connectivity index (χ3n) is 3.20. The Balaban J connectivity index is 2.03. The minimum atomic E-state index is 0.551. The molecule has 0 spiro atoms. The number of nitrogens with two attached hydrogens (primary N) is 1. The van der Waals surface area contributed by atoms with Gasteiger partial charge in [0.15, 0.2) is 0 Å². The highest BCUT2D eigenvalue weighted by molar-refractivity contribution is 6.33. The largest absolute Gasteiger partial charge is 0.497 e. The van der Waals surface area contributed by atoms with E-state index in [0.717, 1.165) is 22.7 Å². The Labute approximate surface area is 127 Å². The van der Waals surface area contributed by atoms with E-state index in [2.05, 4.69) is 5.10 Å².